The molecule has 3 aromatic rings. The highest BCUT2D eigenvalue weighted by Crippen LogP contribution is 2.39. The van der Waals surface area contributed by atoms with Gasteiger partial charge in [-0.3, -0.25) is 13.9 Å². The standard InChI is InChI=1S/C15H9F6N3O2/c1-23-11-9(12(25)24(2)13(23)26)10(15(19,20)21)7-4-3-6(14(16,17)18)5-8(7)22-11/h3-5H,1-2H3. The molecular formula is C15H9F6N3O2. The van der Waals surface area contributed by atoms with Gasteiger partial charge < -0.3 is 0 Å². The lowest BCUT2D eigenvalue weighted by Gasteiger charge is -2.16. The van der Waals surface area contributed by atoms with Crippen molar-refractivity contribution in [1.82, 2.24) is 14.1 Å². The molecule has 5 nitrogen and oxygen atoms in total. The van der Waals surface area contributed by atoms with Crippen LogP contribution in [-0.2, 0) is 26.4 Å². The van der Waals surface area contributed by atoms with Crippen molar-refractivity contribution < 1.29 is 26.3 Å². The van der Waals surface area contributed by atoms with Gasteiger partial charge in [0.2, 0.25) is 0 Å². The number of halogens is 6. The SMILES string of the molecule is Cn1c(=O)c2c(C(F)(F)F)c3ccc(C(F)(F)F)cc3nc2n(C)c1=O. The lowest BCUT2D eigenvalue weighted by Crippen LogP contribution is -2.38. The Morgan fingerprint density at radius 3 is 2.08 bits per heavy atom. The van der Waals surface area contributed by atoms with E-state index in [1.165, 1.54) is 0 Å². The average molecular weight is 377 g/mol. The molecule has 0 unspecified atom stereocenters. The minimum atomic E-state index is -5.05. The quantitative estimate of drug-likeness (QED) is 0.447. The Morgan fingerprint density at radius 1 is 0.923 bits per heavy atom. The van der Waals surface area contributed by atoms with Gasteiger partial charge in [0, 0.05) is 19.5 Å². The van der Waals surface area contributed by atoms with Crippen LogP contribution >= 0.6 is 0 Å². The maximum Gasteiger partial charge on any atom is 0.417 e. The number of alkyl halides is 6. The van der Waals surface area contributed by atoms with E-state index in [0.29, 0.717) is 27.3 Å². The molecule has 0 saturated carbocycles. The second-order valence-electron chi connectivity index (χ2n) is 5.62. The highest BCUT2D eigenvalue weighted by atomic mass is 19.4. The summed E-state index contributed by atoms with van der Waals surface area (Å²) in [5, 5.41) is -1.54. The molecule has 0 bridgehead atoms. The average Bonchev–Trinajstić information content (AvgIpc) is 2.53. The molecule has 3 rings (SSSR count). The highest BCUT2D eigenvalue weighted by molar-refractivity contribution is 5.96. The molecule has 0 saturated heterocycles. The molecule has 0 aliphatic carbocycles. The Labute approximate surface area is 140 Å². The van der Waals surface area contributed by atoms with Crippen LogP contribution in [0.25, 0.3) is 21.9 Å². The predicted molar refractivity (Wildman–Crippen MR) is 79.7 cm³/mol. The fraction of sp³-hybridized carbons (Fsp3) is 0.267. The molecule has 0 atom stereocenters. The minimum absolute atomic E-state index is 0.450. The molecule has 0 radical (unpaired) electrons. The van der Waals surface area contributed by atoms with Crippen LogP contribution in [0.15, 0.2) is 27.8 Å². The van der Waals surface area contributed by atoms with Crippen LogP contribution in [0.5, 0.6) is 0 Å². The molecule has 11 heteroatoms. The smallest absolute Gasteiger partial charge is 0.280 e. The molecular weight excluding hydrogens is 368 g/mol. The minimum Gasteiger partial charge on any atom is -0.280 e. The summed E-state index contributed by atoms with van der Waals surface area (Å²) in [5.41, 5.74) is -6.07. The van der Waals surface area contributed by atoms with Crippen LogP contribution in [0, 0.1) is 0 Å². The van der Waals surface area contributed by atoms with Gasteiger partial charge in [0.15, 0.2) is 5.65 Å². The van der Waals surface area contributed by atoms with Gasteiger partial charge >= 0.3 is 18.0 Å². The number of fused-ring (bicyclic) bond motifs is 2. The second-order valence-corrected chi connectivity index (χ2v) is 5.62. The van der Waals surface area contributed by atoms with Crippen LogP contribution in [0.2, 0.25) is 0 Å². The Hall–Kier alpha value is -2.85. The number of hydrogen-bond donors (Lipinski definition) is 0. The fourth-order valence-corrected chi connectivity index (χ4v) is 2.74. The van der Waals surface area contributed by atoms with E-state index in [2.05, 4.69) is 4.98 Å². The van der Waals surface area contributed by atoms with E-state index in [0.717, 1.165) is 14.1 Å². The number of benzene rings is 1. The van der Waals surface area contributed by atoms with Gasteiger partial charge in [0.25, 0.3) is 5.56 Å². The van der Waals surface area contributed by atoms with Crippen molar-refractivity contribution in [2.45, 2.75) is 12.4 Å². The summed E-state index contributed by atoms with van der Waals surface area (Å²) >= 11 is 0. The molecule has 1 aromatic carbocycles. The van der Waals surface area contributed by atoms with Crippen molar-refractivity contribution in [2.75, 3.05) is 0 Å². The first-order valence-electron chi connectivity index (χ1n) is 7.02. The van der Waals surface area contributed by atoms with Gasteiger partial charge in [-0.05, 0) is 12.1 Å². The summed E-state index contributed by atoms with van der Waals surface area (Å²) < 4.78 is 80.7. The van der Waals surface area contributed by atoms with Crippen molar-refractivity contribution in [3.63, 3.8) is 0 Å². The third-order valence-corrected chi connectivity index (χ3v) is 3.99. The molecule has 0 fully saturated rings. The molecule has 0 spiro atoms. The van der Waals surface area contributed by atoms with Gasteiger partial charge in [0.1, 0.15) is 0 Å². The molecule has 0 amide bonds. The molecule has 138 valence electrons. The van der Waals surface area contributed by atoms with E-state index < -0.39 is 56.7 Å². The number of hydrogen-bond acceptors (Lipinski definition) is 3. The lowest BCUT2D eigenvalue weighted by molar-refractivity contribution is -0.137. The Morgan fingerprint density at radius 2 is 1.54 bits per heavy atom. The van der Waals surface area contributed by atoms with Gasteiger partial charge in [0.05, 0.1) is 22.0 Å². The first-order valence-corrected chi connectivity index (χ1v) is 7.02. The number of nitrogens with zero attached hydrogens (tertiary/aromatic N) is 3. The Kier molecular flexibility index (Phi) is 3.68. The van der Waals surface area contributed by atoms with Crippen LogP contribution in [0.3, 0.4) is 0 Å². The van der Waals surface area contributed by atoms with Gasteiger partial charge in [-0.2, -0.15) is 26.3 Å². The van der Waals surface area contributed by atoms with Gasteiger partial charge in [-0.1, -0.05) is 6.07 Å². The largest absolute Gasteiger partial charge is 0.417 e. The van der Waals surface area contributed by atoms with E-state index in [-0.39, 0.29) is 0 Å². The Bertz CT molecular complexity index is 1170. The number of aromatic nitrogens is 3. The zero-order valence-corrected chi connectivity index (χ0v) is 13.2. The highest BCUT2D eigenvalue weighted by Gasteiger charge is 2.38. The van der Waals surface area contributed by atoms with E-state index in [4.69, 9.17) is 0 Å². The lowest BCUT2D eigenvalue weighted by atomic mass is 10.0. The van der Waals surface area contributed by atoms with Crippen LogP contribution in [0.1, 0.15) is 11.1 Å². The number of pyridine rings is 1. The molecule has 2 heterocycles. The van der Waals surface area contributed by atoms with Crippen LogP contribution in [0.4, 0.5) is 26.3 Å². The third kappa shape index (κ3) is 2.54. The summed E-state index contributed by atoms with van der Waals surface area (Å²) in [6.07, 6.45) is -9.84. The summed E-state index contributed by atoms with van der Waals surface area (Å²) in [5.74, 6) is 0. The van der Waals surface area contributed by atoms with Crippen molar-refractivity contribution in [2.24, 2.45) is 14.1 Å². The second kappa shape index (κ2) is 5.32. The van der Waals surface area contributed by atoms with E-state index >= 15 is 0 Å². The zero-order valence-electron chi connectivity index (χ0n) is 13.2. The van der Waals surface area contributed by atoms with Crippen LogP contribution < -0.4 is 11.2 Å². The van der Waals surface area contributed by atoms with Crippen molar-refractivity contribution >= 4 is 21.9 Å². The normalized spacial score (nSPS) is 12.9. The Balaban J connectivity index is 2.66. The number of aryl methyl sites for hydroxylation is 1. The van der Waals surface area contributed by atoms with E-state index in [1.54, 1.807) is 0 Å². The monoisotopic (exact) mass is 377 g/mol. The van der Waals surface area contributed by atoms with Crippen LogP contribution in [-0.4, -0.2) is 14.1 Å². The maximum atomic E-state index is 13.6. The first kappa shape index (κ1) is 18.0. The molecule has 2 aromatic heterocycles. The fourth-order valence-electron chi connectivity index (χ4n) is 2.74. The van der Waals surface area contributed by atoms with Gasteiger partial charge in [-0.25, -0.2) is 9.78 Å². The molecule has 0 aliphatic rings. The summed E-state index contributed by atoms with van der Waals surface area (Å²) in [7, 11) is 2.08. The summed E-state index contributed by atoms with van der Waals surface area (Å²) in [4.78, 5) is 28.0. The van der Waals surface area contributed by atoms with E-state index in [1.807, 2.05) is 0 Å². The summed E-state index contributed by atoms with van der Waals surface area (Å²) in [6, 6.07) is 1.56. The number of rotatable bonds is 0. The summed E-state index contributed by atoms with van der Waals surface area (Å²) in [6.45, 7) is 0. The predicted octanol–water partition coefficient (Wildman–Crippen LogP) is 2.82. The maximum absolute atomic E-state index is 13.6. The zero-order chi connectivity index (χ0) is 19.6. The van der Waals surface area contributed by atoms with Crippen molar-refractivity contribution in [3.8, 4) is 0 Å². The van der Waals surface area contributed by atoms with Crippen molar-refractivity contribution in [1.29, 1.82) is 0 Å². The molecule has 0 aliphatic heterocycles. The molecule has 26 heavy (non-hydrogen) atoms. The van der Waals surface area contributed by atoms with E-state index in [9.17, 15) is 35.9 Å². The third-order valence-electron chi connectivity index (χ3n) is 3.99. The first-order chi connectivity index (χ1) is 11.8. The van der Waals surface area contributed by atoms with Gasteiger partial charge in [-0.15, -0.1) is 0 Å². The molecule has 0 N–H and O–H groups in total. The topological polar surface area (TPSA) is 56.9 Å². The van der Waals surface area contributed by atoms with Crippen molar-refractivity contribution in [3.05, 3.63) is 50.2 Å².